The second kappa shape index (κ2) is 8.82. The van der Waals surface area contributed by atoms with E-state index < -0.39 is 0 Å². The summed E-state index contributed by atoms with van der Waals surface area (Å²) in [6.45, 7) is 8.25. The van der Waals surface area contributed by atoms with E-state index in [-0.39, 0.29) is 17.4 Å². The highest BCUT2D eigenvalue weighted by Crippen LogP contribution is 2.31. The first kappa shape index (κ1) is 21.1. The molecule has 8 nitrogen and oxygen atoms in total. The normalized spacial score (nSPS) is 15.9. The largest absolute Gasteiger partial charge is 0.493 e. The summed E-state index contributed by atoms with van der Waals surface area (Å²) in [4.78, 5) is 19.1. The number of ether oxygens (including phenoxy) is 2. The maximum absolute atomic E-state index is 12.3. The van der Waals surface area contributed by atoms with Crippen LogP contribution in [0.2, 0.25) is 0 Å². The van der Waals surface area contributed by atoms with Crippen molar-refractivity contribution in [2.75, 3.05) is 27.3 Å². The number of rotatable bonds is 6. The lowest BCUT2D eigenvalue weighted by Gasteiger charge is -2.32. The Kier molecular flexibility index (Phi) is 6.42. The summed E-state index contributed by atoms with van der Waals surface area (Å²) in [5.74, 6) is 2.55. The van der Waals surface area contributed by atoms with E-state index in [1.807, 2.05) is 39.0 Å². The number of likely N-dealkylation sites (tertiary alicyclic amines) is 1. The van der Waals surface area contributed by atoms with E-state index in [9.17, 15) is 4.79 Å². The van der Waals surface area contributed by atoms with Gasteiger partial charge in [-0.2, -0.15) is 4.98 Å². The standard InChI is InChI=1S/C21H30N4O4/c1-21(2,3)23-20(26)14-8-10-25(11-9-14)13-18-22-19(24-29-18)15-6-7-16(27-4)17(12-15)28-5/h6-7,12,14H,8-11,13H2,1-5H3,(H,23,26). The fraction of sp³-hybridized carbons (Fsp3) is 0.571. The minimum Gasteiger partial charge on any atom is -0.493 e. The molecule has 1 aliphatic rings. The van der Waals surface area contributed by atoms with Crippen molar-refractivity contribution in [1.29, 1.82) is 0 Å². The summed E-state index contributed by atoms with van der Waals surface area (Å²) in [5.41, 5.74) is 0.605. The van der Waals surface area contributed by atoms with Crippen molar-refractivity contribution in [1.82, 2.24) is 20.4 Å². The van der Waals surface area contributed by atoms with Crippen molar-refractivity contribution < 1.29 is 18.8 Å². The zero-order valence-corrected chi connectivity index (χ0v) is 17.8. The van der Waals surface area contributed by atoms with Crippen molar-refractivity contribution in [3.8, 4) is 22.9 Å². The van der Waals surface area contributed by atoms with Gasteiger partial charge in [0.1, 0.15) is 0 Å². The minimum absolute atomic E-state index is 0.0653. The van der Waals surface area contributed by atoms with E-state index in [1.165, 1.54) is 0 Å². The zero-order chi connectivity index (χ0) is 21.0. The molecule has 0 unspecified atom stereocenters. The number of hydrogen-bond donors (Lipinski definition) is 1. The maximum Gasteiger partial charge on any atom is 0.241 e. The molecule has 8 heteroatoms. The highest BCUT2D eigenvalue weighted by molar-refractivity contribution is 5.79. The number of carbonyl (C=O) groups excluding carboxylic acids is 1. The third-order valence-electron chi connectivity index (χ3n) is 4.93. The first-order valence-corrected chi connectivity index (χ1v) is 9.88. The Bertz CT molecular complexity index is 835. The summed E-state index contributed by atoms with van der Waals surface area (Å²) in [7, 11) is 3.19. The van der Waals surface area contributed by atoms with Gasteiger partial charge < -0.3 is 19.3 Å². The molecule has 0 spiro atoms. The molecule has 1 fully saturated rings. The highest BCUT2D eigenvalue weighted by atomic mass is 16.5. The van der Waals surface area contributed by atoms with Gasteiger partial charge in [-0.25, -0.2) is 0 Å². The van der Waals surface area contributed by atoms with Crippen molar-refractivity contribution in [3.05, 3.63) is 24.1 Å². The van der Waals surface area contributed by atoms with E-state index >= 15 is 0 Å². The molecule has 2 aromatic rings. The van der Waals surface area contributed by atoms with Crippen LogP contribution in [0.3, 0.4) is 0 Å². The molecule has 0 atom stereocenters. The summed E-state index contributed by atoms with van der Waals surface area (Å²) in [6, 6.07) is 5.51. The van der Waals surface area contributed by atoms with Gasteiger partial charge in [0.2, 0.25) is 17.6 Å². The second-order valence-corrected chi connectivity index (χ2v) is 8.37. The van der Waals surface area contributed by atoms with Gasteiger partial charge in [0.05, 0.1) is 20.8 Å². The molecule has 0 bridgehead atoms. The Morgan fingerprint density at radius 3 is 2.52 bits per heavy atom. The first-order chi connectivity index (χ1) is 13.8. The SMILES string of the molecule is COc1ccc(-c2noc(CN3CCC(C(=O)NC(C)(C)C)CC3)n2)cc1OC. The Hall–Kier alpha value is -2.61. The smallest absolute Gasteiger partial charge is 0.241 e. The van der Waals surface area contributed by atoms with Crippen LogP contribution in [0.25, 0.3) is 11.4 Å². The predicted molar refractivity (Wildman–Crippen MR) is 109 cm³/mol. The van der Waals surface area contributed by atoms with Gasteiger partial charge in [0.15, 0.2) is 11.5 Å². The van der Waals surface area contributed by atoms with Crippen LogP contribution in [0.5, 0.6) is 11.5 Å². The molecule has 3 rings (SSSR count). The molecule has 1 aromatic carbocycles. The number of carbonyl (C=O) groups is 1. The summed E-state index contributed by atoms with van der Waals surface area (Å²) < 4.78 is 16.0. The molecule has 1 saturated heterocycles. The van der Waals surface area contributed by atoms with Crippen LogP contribution in [0, 0.1) is 5.92 Å². The number of methoxy groups -OCH3 is 2. The van der Waals surface area contributed by atoms with E-state index in [2.05, 4.69) is 20.4 Å². The number of benzene rings is 1. The number of piperidine rings is 1. The fourth-order valence-electron chi connectivity index (χ4n) is 3.43. The van der Waals surface area contributed by atoms with E-state index in [0.717, 1.165) is 31.5 Å². The molecule has 0 aliphatic carbocycles. The molecule has 158 valence electrons. The highest BCUT2D eigenvalue weighted by Gasteiger charge is 2.28. The lowest BCUT2D eigenvalue weighted by Crippen LogP contribution is -2.46. The van der Waals surface area contributed by atoms with Crippen LogP contribution >= 0.6 is 0 Å². The molecular weight excluding hydrogens is 372 g/mol. The van der Waals surface area contributed by atoms with Gasteiger partial charge in [0, 0.05) is 17.0 Å². The quantitative estimate of drug-likeness (QED) is 0.794. The van der Waals surface area contributed by atoms with Gasteiger partial charge in [-0.1, -0.05) is 5.16 Å². The van der Waals surface area contributed by atoms with Gasteiger partial charge in [0.25, 0.3) is 0 Å². The van der Waals surface area contributed by atoms with Gasteiger partial charge in [-0.05, 0) is 64.9 Å². The molecule has 29 heavy (non-hydrogen) atoms. The average molecular weight is 402 g/mol. The van der Waals surface area contributed by atoms with Crippen LogP contribution < -0.4 is 14.8 Å². The van der Waals surface area contributed by atoms with Crippen molar-refractivity contribution >= 4 is 5.91 Å². The molecule has 0 radical (unpaired) electrons. The van der Waals surface area contributed by atoms with E-state index in [0.29, 0.717) is 29.8 Å². The predicted octanol–water partition coefficient (Wildman–Crippen LogP) is 2.88. The third-order valence-corrected chi connectivity index (χ3v) is 4.93. The lowest BCUT2D eigenvalue weighted by atomic mass is 9.94. The zero-order valence-electron chi connectivity index (χ0n) is 17.8. The average Bonchev–Trinajstić information content (AvgIpc) is 3.15. The topological polar surface area (TPSA) is 89.7 Å². The minimum atomic E-state index is -0.196. The van der Waals surface area contributed by atoms with Crippen LogP contribution in [-0.4, -0.2) is 53.8 Å². The molecule has 0 saturated carbocycles. The number of hydrogen-bond acceptors (Lipinski definition) is 7. The van der Waals surface area contributed by atoms with Gasteiger partial charge >= 0.3 is 0 Å². The Morgan fingerprint density at radius 2 is 1.90 bits per heavy atom. The number of amides is 1. The Labute approximate surface area is 171 Å². The Morgan fingerprint density at radius 1 is 1.21 bits per heavy atom. The van der Waals surface area contributed by atoms with Gasteiger partial charge in [-0.3, -0.25) is 9.69 Å². The molecule has 1 aromatic heterocycles. The van der Waals surface area contributed by atoms with Crippen LogP contribution in [0.1, 0.15) is 39.5 Å². The lowest BCUT2D eigenvalue weighted by molar-refractivity contribution is -0.127. The fourth-order valence-corrected chi connectivity index (χ4v) is 3.43. The van der Waals surface area contributed by atoms with Crippen LogP contribution in [0.15, 0.2) is 22.7 Å². The second-order valence-electron chi connectivity index (χ2n) is 8.37. The summed E-state index contributed by atoms with van der Waals surface area (Å²) in [6.07, 6.45) is 1.66. The van der Waals surface area contributed by atoms with Crippen molar-refractivity contribution in [2.45, 2.75) is 45.7 Å². The maximum atomic E-state index is 12.3. The Balaban J connectivity index is 1.57. The van der Waals surface area contributed by atoms with Crippen LogP contribution in [0.4, 0.5) is 0 Å². The van der Waals surface area contributed by atoms with E-state index in [4.69, 9.17) is 14.0 Å². The molecule has 1 amide bonds. The molecule has 1 aliphatic heterocycles. The monoisotopic (exact) mass is 402 g/mol. The van der Waals surface area contributed by atoms with Crippen molar-refractivity contribution in [3.63, 3.8) is 0 Å². The first-order valence-electron chi connectivity index (χ1n) is 9.88. The van der Waals surface area contributed by atoms with E-state index in [1.54, 1.807) is 14.2 Å². The molecule has 2 heterocycles. The molecular formula is C21H30N4O4. The third kappa shape index (κ3) is 5.47. The number of nitrogens with one attached hydrogen (secondary N) is 1. The number of nitrogens with zero attached hydrogens (tertiary/aromatic N) is 3. The summed E-state index contributed by atoms with van der Waals surface area (Å²) in [5, 5.41) is 7.17. The van der Waals surface area contributed by atoms with Crippen LogP contribution in [-0.2, 0) is 11.3 Å². The number of aromatic nitrogens is 2. The molecule has 1 N–H and O–H groups in total. The van der Waals surface area contributed by atoms with Gasteiger partial charge in [-0.15, -0.1) is 0 Å². The van der Waals surface area contributed by atoms with Crippen molar-refractivity contribution in [2.24, 2.45) is 5.92 Å². The summed E-state index contributed by atoms with van der Waals surface area (Å²) >= 11 is 0.